The van der Waals surface area contributed by atoms with Gasteiger partial charge >= 0.3 is 5.97 Å². The summed E-state index contributed by atoms with van der Waals surface area (Å²) in [6.07, 6.45) is 15.8. The molecule has 200 valence electrons. The van der Waals surface area contributed by atoms with Gasteiger partial charge in [-0.25, -0.2) is 0 Å². The van der Waals surface area contributed by atoms with Crippen molar-refractivity contribution in [2.45, 2.75) is 93.4 Å². The standard InChI is InChI=1S/C33H44O4/c1-10-20-18-30(6)23(29(4,5)26(20)35)11-12-31(7)24(30)17-22(34)25-21-19-28(2,3)13-15-33(21,27(36)37-9)16-14-32(25,31)8/h1,17-18,21,23,25H,11-16,19H2,2-9H3/t21-,23-,25-,30-,31+,32+,33-/m0/s1. The number of carbonyl (C=O) groups excluding carboxylic acids is 3. The number of esters is 1. The molecule has 0 aliphatic heterocycles. The zero-order valence-electron chi connectivity index (χ0n) is 24.0. The van der Waals surface area contributed by atoms with E-state index < -0.39 is 16.2 Å². The van der Waals surface area contributed by atoms with Crippen molar-refractivity contribution in [3.05, 3.63) is 23.3 Å². The lowest BCUT2D eigenvalue weighted by Gasteiger charge is -2.68. The number of methoxy groups -OCH3 is 1. The van der Waals surface area contributed by atoms with E-state index in [1.165, 1.54) is 7.11 Å². The van der Waals surface area contributed by atoms with Gasteiger partial charge in [-0.15, -0.1) is 6.42 Å². The van der Waals surface area contributed by atoms with Crippen LogP contribution in [0.25, 0.3) is 0 Å². The fourth-order valence-electron chi connectivity index (χ4n) is 10.2. The van der Waals surface area contributed by atoms with E-state index in [1.54, 1.807) is 0 Å². The van der Waals surface area contributed by atoms with E-state index in [2.05, 4.69) is 40.5 Å². The molecule has 0 unspecified atom stereocenters. The average molecular weight is 505 g/mol. The lowest BCUT2D eigenvalue weighted by molar-refractivity contribution is -0.191. The van der Waals surface area contributed by atoms with Crippen LogP contribution in [0.2, 0.25) is 0 Å². The highest BCUT2D eigenvalue weighted by atomic mass is 16.5. The van der Waals surface area contributed by atoms with Crippen molar-refractivity contribution in [2.75, 3.05) is 7.11 Å². The van der Waals surface area contributed by atoms with Crippen LogP contribution in [0.3, 0.4) is 0 Å². The van der Waals surface area contributed by atoms with Crippen LogP contribution in [-0.2, 0) is 19.1 Å². The van der Waals surface area contributed by atoms with Crippen LogP contribution in [0.15, 0.2) is 23.3 Å². The normalized spacial score (nSPS) is 45.6. The van der Waals surface area contributed by atoms with Crippen molar-refractivity contribution in [3.63, 3.8) is 0 Å². The minimum atomic E-state index is -0.589. The van der Waals surface area contributed by atoms with E-state index in [1.807, 2.05) is 26.0 Å². The summed E-state index contributed by atoms with van der Waals surface area (Å²) in [7, 11) is 1.49. The van der Waals surface area contributed by atoms with Crippen molar-refractivity contribution in [1.29, 1.82) is 0 Å². The molecule has 5 rings (SSSR count). The summed E-state index contributed by atoms with van der Waals surface area (Å²) < 4.78 is 5.42. The van der Waals surface area contributed by atoms with Crippen LogP contribution in [-0.4, -0.2) is 24.6 Å². The van der Waals surface area contributed by atoms with Gasteiger partial charge in [-0.2, -0.15) is 0 Å². The summed E-state index contributed by atoms with van der Waals surface area (Å²) >= 11 is 0. The third kappa shape index (κ3) is 3.12. The predicted molar refractivity (Wildman–Crippen MR) is 144 cm³/mol. The molecule has 0 saturated heterocycles. The zero-order valence-corrected chi connectivity index (χ0v) is 24.0. The maximum Gasteiger partial charge on any atom is 0.312 e. The third-order valence-electron chi connectivity index (χ3n) is 12.5. The molecule has 0 heterocycles. The Morgan fingerprint density at radius 1 is 1.00 bits per heavy atom. The Kier molecular flexibility index (Phi) is 5.51. The van der Waals surface area contributed by atoms with Gasteiger partial charge in [0.2, 0.25) is 0 Å². The number of carbonyl (C=O) groups is 3. The number of hydrogen-bond acceptors (Lipinski definition) is 4. The molecule has 0 bridgehead atoms. The van der Waals surface area contributed by atoms with Crippen LogP contribution in [0.4, 0.5) is 0 Å². The van der Waals surface area contributed by atoms with Gasteiger partial charge in [0.15, 0.2) is 11.6 Å². The number of hydrogen-bond donors (Lipinski definition) is 0. The second-order valence-corrected chi connectivity index (χ2v) is 14.9. The Labute approximate surface area is 223 Å². The Morgan fingerprint density at radius 2 is 1.65 bits per heavy atom. The molecule has 0 amide bonds. The molecule has 0 aromatic rings. The molecule has 3 fully saturated rings. The molecule has 0 spiro atoms. The number of fused-ring (bicyclic) bond motifs is 7. The summed E-state index contributed by atoms with van der Waals surface area (Å²) in [6, 6.07) is 0. The summed E-state index contributed by atoms with van der Waals surface area (Å²) in [5, 5.41) is 0. The maximum atomic E-state index is 14.4. The van der Waals surface area contributed by atoms with Crippen molar-refractivity contribution in [3.8, 4) is 12.3 Å². The third-order valence-corrected chi connectivity index (χ3v) is 12.5. The lowest BCUT2D eigenvalue weighted by Crippen LogP contribution is -2.65. The van der Waals surface area contributed by atoms with Crippen molar-refractivity contribution >= 4 is 17.5 Å². The summed E-state index contributed by atoms with van der Waals surface area (Å²) in [5.74, 6) is 2.57. The summed E-state index contributed by atoms with van der Waals surface area (Å²) in [6.45, 7) is 15.5. The first-order valence-electron chi connectivity index (χ1n) is 14.1. The number of rotatable bonds is 1. The van der Waals surface area contributed by atoms with Crippen LogP contribution in [0, 0.1) is 62.6 Å². The van der Waals surface area contributed by atoms with Crippen molar-refractivity contribution in [1.82, 2.24) is 0 Å². The molecule has 4 heteroatoms. The largest absolute Gasteiger partial charge is 0.469 e. The Hall–Kier alpha value is -2.15. The fraction of sp³-hybridized carbons (Fsp3) is 0.727. The highest BCUT2D eigenvalue weighted by molar-refractivity contribution is 6.05. The molecule has 0 aromatic heterocycles. The second-order valence-electron chi connectivity index (χ2n) is 14.9. The molecular formula is C33H44O4. The Balaban J connectivity index is 1.71. The molecule has 0 radical (unpaired) electrons. The first kappa shape index (κ1) is 26.5. The second kappa shape index (κ2) is 7.71. The molecule has 0 N–H and O–H groups in total. The molecule has 7 atom stereocenters. The van der Waals surface area contributed by atoms with E-state index in [4.69, 9.17) is 11.2 Å². The van der Waals surface area contributed by atoms with Gasteiger partial charge in [0.1, 0.15) is 0 Å². The average Bonchev–Trinajstić information content (AvgIpc) is 2.82. The predicted octanol–water partition coefficient (Wildman–Crippen LogP) is 6.49. The highest BCUT2D eigenvalue weighted by Crippen LogP contribution is 2.74. The quantitative estimate of drug-likeness (QED) is 0.303. The first-order chi connectivity index (χ1) is 17.0. The minimum absolute atomic E-state index is 0.0312. The van der Waals surface area contributed by atoms with Gasteiger partial charge in [0.25, 0.3) is 0 Å². The molecule has 5 aliphatic rings. The van der Waals surface area contributed by atoms with Gasteiger partial charge < -0.3 is 4.74 Å². The number of ketones is 2. The Morgan fingerprint density at radius 3 is 2.27 bits per heavy atom. The molecule has 37 heavy (non-hydrogen) atoms. The van der Waals surface area contributed by atoms with E-state index in [-0.39, 0.29) is 51.5 Å². The molecular weight excluding hydrogens is 460 g/mol. The smallest absolute Gasteiger partial charge is 0.312 e. The molecule has 3 saturated carbocycles. The van der Waals surface area contributed by atoms with Crippen LogP contribution < -0.4 is 0 Å². The van der Waals surface area contributed by atoms with Crippen LogP contribution in [0.1, 0.15) is 93.4 Å². The number of terminal acetylenes is 1. The zero-order chi connectivity index (χ0) is 27.4. The van der Waals surface area contributed by atoms with Gasteiger partial charge in [0, 0.05) is 16.7 Å². The SMILES string of the molecule is C#CC1=C[C@]2(C)C3=CC(=O)[C@@H]4[C@@H]5CC(C)(C)CC[C@]5(C(=O)OC)CC[C@@]4(C)[C@]3(C)CC[C@H]2C(C)(C)C1=O. The van der Waals surface area contributed by atoms with E-state index in [0.29, 0.717) is 5.57 Å². The summed E-state index contributed by atoms with van der Waals surface area (Å²) in [5.41, 5.74) is -0.478. The van der Waals surface area contributed by atoms with Crippen molar-refractivity contribution in [2.24, 2.45) is 50.2 Å². The molecule has 4 nitrogen and oxygen atoms in total. The maximum absolute atomic E-state index is 14.4. The number of allylic oxidation sites excluding steroid dienone is 4. The lowest BCUT2D eigenvalue weighted by atomic mass is 9.34. The first-order valence-corrected chi connectivity index (χ1v) is 14.1. The van der Waals surface area contributed by atoms with E-state index in [9.17, 15) is 14.4 Å². The number of Topliss-reactive ketones (excluding diaryl/α,β-unsaturated/α-hetero) is 1. The van der Waals surface area contributed by atoms with Gasteiger partial charge in [-0.05, 0) is 79.1 Å². The molecule has 0 aromatic carbocycles. The fourth-order valence-corrected chi connectivity index (χ4v) is 10.2. The van der Waals surface area contributed by atoms with Crippen molar-refractivity contribution < 1.29 is 19.1 Å². The van der Waals surface area contributed by atoms with Gasteiger partial charge in [-0.1, -0.05) is 66.0 Å². The van der Waals surface area contributed by atoms with E-state index >= 15 is 0 Å². The van der Waals surface area contributed by atoms with Crippen LogP contribution >= 0.6 is 0 Å². The number of ether oxygens (including phenoxy) is 1. The van der Waals surface area contributed by atoms with Crippen LogP contribution in [0.5, 0.6) is 0 Å². The van der Waals surface area contributed by atoms with Gasteiger partial charge in [0.05, 0.1) is 18.1 Å². The van der Waals surface area contributed by atoms with E-state index in [0.717, 1.165) is 50.5 Å². The topological polar surface area (TPSA) is 60.4 Å². The molecule has 5 aliphatic carbocycles. The minimum Gasteiger partial charge on any atom is -0.469 e. The van der Waals surface area contributed by atoms with Gasteiger partial charge in [-0.3, -0.25) is 14.4 Å². The highest BCUT2D eigenvalue weighted by Gasteiger charge is 2.71. The monoisotopic (exact) mass is 504 g/mol. The Bertz CT molecular complexity index is 1190. The summed E-state index contributed by atoms with van der Waals surface area (Å²) in [4.78, 5) is 41.0.